The van der Waals surface area contributed by atoms with Gasteiger partial charge in [-0.25, -0.2) is 13.2 Å². The number of aryl methyl sites for hydroxylation is 1. The maximum Gasteiger partial charge on any atom is 0.239 e. The van der Waals surface area contributed by atoms with E-state index in [-0.39, 0.29) is 18.5 Å². The molecule has 0 aliphatic carbocycles. The van der Waals surface area contributed by atoms with Gasteiger partial charge in [0.2, 0.25) is 6.43 Å². The van der Waals surface area contributed by atoms with Gasteiger partial charge in [0, 0.05) is 6.42 Å². The van der Waals surface area contributed by atoms with Gasteiger partial charge in [-0.3, -0.25) is 5.10 Å². The number of alkyl halides is 2. The third kappa shape index (κ3) is 2.25. The molecule has 1 heterocycles. The van der Waals surface area contributed by atoms with Crippen LogP contribution in [-0.4, -0.2) is 16.6 Å². The Morgan fingerprint density at radius 1 is 1.55 bits per heavy atom. The van der Waals surface area contributed by atoms with Gasteiger partial charge in [0.15, 0.2) is 5.82 Å². The van der Waals surface area contributed by atoms with E-state index in [0.29, 0.717) is 0 Å². The van der Waals surface area contributed by atoms with Crippen molar-refractivity contribution in [2.75, 3.05) is 0 Å². The van der Waals surface area contributed by atoms with Crippen molar-refractivity contribution in [1.82, 2.24) is 10.2 Å². The zero-order valence-electron chi connectivity index (χ0n) is 5.65. The first-order chi connectivity index (χ1) is 5.20. The second kappa shape index (κ2) is 3.41. The van der Waals surface area contributed by atoms with Crippen LogP contribution < -0.4 is 0 Å². The van der Waals surface area contributed by atoms with Crippen molar-refractivity contribution in [3.8, 4) is 0 Å². The number of nitrogens with one attached hydrogen (secondary N) is 1. The van der Waals surface area contributed by atoms with E-state index in [0.717, 1.165) is 6.20 Å². The molecule has 0 saturated heterocycles. The molecule has 0 unspecified atom stereocenters. The van der Waals surface area contributed by atoms with Crippen molar-refractivity contribution >= 4 is 0 Å². The first-order valence-corrected chi connectivity index (χ1v) is 3.16. The van der Waals surface area contributed by atoms with E-state index in [9.17, 15) is 13.2 Å². The molecule has 2 nitrogen and oxygen atoms in total. The molecule has 0 aliphatic rings. The highest BCUT2D eigenvalue weighted by Gasteiger charge is 2.07. The number of halogens is 3. The van der Waals surface area contributed by atoms with Crippen LogP contribution in [0.25, 0.3) is 0 Å². The summed E-state index contributed by atoms with van der Waals surface area (Å²) in [5.74, 6) is -0.550. The van der Waals surface area contributed by atoms with Gasteiger partial charge in [-0.2, -0.15) is 5.10 Å². The van der Waals surface area contributed by atoms with E-state index >= 15 is 0 Å². The molecule has 0 fully saturated rings. The number of H-pyrrole nitrogens is 1. The van der Waals surface area contributed by atoms with Crippen molar-refractivity contribution in [1.29, 1.82) is 0 Å². The Hall–Kier alpha value is -1.00. The van der Waals surface area contributed by atoms with Gasteiger partial charge in [0.05, 0.1) is 11.9 Å². The first-order valence-electron chi connectivity index (χ1n) is 3.16. The Morgan fingerprint density at radius 3 is 2.73 bits per heavy atom. The summed E-state index contributed by atoms with van der Waals surface area (Å²) in [6.45, 7) is 0. The lowest BCUT2D eigenvalue weighted by molar-refractivity contribution is 0.137. The molecule has 0 saturated carbocycles. The highest BCUT2D eigenvalue weighted by Crippen LogP contribution is 2.08. The lowest BCUT2D eigenvalue weighted by Gasteiger charge is -1.95. The smallest absolute Gasteiger partial charge is 0.239 e. The van der Waals surface area contributed by atoms with E-state index in [1.807, 2.05) is 0 Å². The predicted octanol–water partition coefficient (Wildman–Crippen LogP) is 1.75. The molecule has 11 heavy (non-hydrogen) atoms. The van der Waals surface area contributed by atoms with Gasteiger partial charge in [-0.15, -0.1) is 0 Å². The monoisotopic (exact) mass is 164 g/mol. The molecule has 0 atom stereocenters. The number of nitrogens with zero attached hydrogens (tertiary/aromatic N) is 1. The molecule has 0 aliphatic heterocycles. The van der Waals surface area contributed by atoms with Crippen molar-refractivity contribution in [2.45, 2.75) is 19.3 Å². The fourth-order valence-electron chi connectivity index (χ4n) is 0.727. The van der Waals surface area contributed by atoms with Crippen LogP contribution in [0.15, 0.2) is 6.20 Å². The molecule has 62 valence electrons. The minimum atomic E-state index is -2.39. The topological polar surface area (TPSA) is 28.7 Å². The van der Waals surface area contributed by atoms with Crippen molar-refractivity contribution in [2.24, 2.45) is 0 Å². The normalized spacial score (nSPS) is 10.9. The van der Waals surface area contributed by atoms with Crippen LogP contribution in [0.4, 0.5) is 13.2 Å². The number of hydrogen-bond acceptors (Lipinski definition) is 1. The predicted molar refractivity (Wildman–Crippen MR) is 32.9 cm³/mol. The third-order valence-electron chi connectivity index (χ3n) is 1.28. The van der Waals surface area contributed by atoms with Crippen molar-refractivity contribution in [3.63, 3.8) is 0 Å². The van der Waals surface area contributed by atoms with Crippen LogP contribution in [0.1, 0.15) is 12.1 Å². The molecule has 1 aromatic rings. The summed E-state index contributed by atoms with van der Waals surface area (Å²) < 4.78 is 35.7. The molecule has 1 rings (SSSR count). The Balaban J connectivity index is 2.44. The highest BCUT2D eigenvalue weighted by molar-refractivity contribution is 5.01. The summed E-state index contributed by atoms with van der Waals surface area (Å²) in [4.78, 5) is 0. The van der Waals surface area contributed by atoms with Crippen LogP contribution in [0.3, 0.4) is 0 Å². The van der Waals surface area contributed by atoms with Crippen LogP contribution in [0.5, 0.6) is 0 Å². The Kier molecular flexibility index (Phi) is 2.51. The fourth-order valence-corrected chi connectivity index (χ4v) is 0.727. The van der Waals surface area contributed by atoms with Crippen molar-refractivity contribution < 1.29 is 13.2 Å². The summed E-state index contributed by atoms with van der Waals surface area (Å²) in [6.07, 6.45) is -1.75. The molecule has 5 heteroatoms. The summed E-state index contributed by atoms with van der Waals surface area (Å²) in [5.41, 5.74) is 0.144. The lowest BCUT2D eigenvalue weighted by Crippen LogP contribution is -1.96. The molecule has 0 radical (unpaired) electrons. The molecule has 0 bridgehead atoms. The molecule has 0 aromatic carbocycles. The summed E-state index contributed by atoms with van der Waals surface area (Å²) in [7, 11) is 0. The number of rotatable bonds is 3. The van der Waals surface area contributed by atoms with Crippen LogP contribution in [0, 0.1) is 5.82 Å². The summed E-state index contributed by atoms with van der Waals surface area (Å²) >= 11 is 0. The van der Waals surface area contributed by atoms with Gasteiger partial charge in [0.1, 0.15) is 0 Å². The minimum Gasteiger partial charge on any atom is -0.280 e. The molecule has 1 aromatic heterocycles. The average molecular weight is 164 g/mol. The lowest BCUT2D eigenvalue weighted by atomic mass is 10.2. The Bertz CT molecular complexity index is 221. The third-order valence-corrected chi connectivity index (χ3v) is 1.28. The zero-order chi connectivity index (χ0) is 8.27. The number of hydrogen-bond donors (Lipinski definition) is 1. The van der Waals surface area contributed by atoms with E-state index in [1.165, 1.54) is 0 Å². The first kappa shape index (κ1) is 8.10. The highest BCUT2D eigenvalue weighted by atomic mass is 19.3. The molecular formula is C6H7F3N2. The summed E-state index contributed by atoms with van der Waals surface area (Å²) in [6, 6.07) is 0. The van der Waals surface area contributed by atoms with Crippen LogP contribution in [0.2, 0.25) is 0 Å². The van der Waals surface area contributed by atoms with E-state index < -0.39 is 12.2 Å². The molecule has 0 amide bonds. The summed E-state index contributed by atoms with van der Waals surface area (Å²) in [5, 5.41) is 5.66. The van der Waals surface area contributed by atoms with Gasteiger partial charge < -0.3 is 0 Å². The van der Waals surface area contributed by atoms with Gasteiger partial charge in [-0.1, -0.05) is 0 Å². The second-order valence-electron chi connectivity index (χ2n) is 2.13. The van der Waals surface area contributed by atoms with E-state index in [2.05, 4.69) is 10.2 Å². The number of aromatic amines is 1. The quantitative estimate of drug-likeness (QED) is 0.724. The largest absolute Gasteiger partial charge is 0.280 e. The molecule has 1 N–H and O–H groups in total. The SMILES string of the molecule is Fc1cn[nH]c1CCC(F)F. The van der Waals surface area contributed by atoms with E-state index in [4.69, 9.17) is 0 Å². The second-order valence-corrected chi connectivity index (χ2v) is 2.13. The van der Waals surface area contributed by atoms with Crippen molar-refractivity contribution in [3.05, 3.63) is 17.7 Å². The fraction of sp³-hybridized carbons (Fsp3) is 0.500. The van der Waals surface area contributed by atoms with Crippen LogP contribution >= 0.6 is 0 Å². The molecule has 0 spiro atoms. The molecular weight excluding hydrogens is 157 g/mol. The maximum atomic E-state index is 12.5. The number of aromatic nitrogens is 2. The van der Waals surface area contributed by atoms with Gasteiger partial charge in [0.25, 0.3) is 0 Å². The Morgan fingerprint density at radius 2 is 2.27 bits per heavy atom. The van der Waals surface area contributed by atoms with Gasteiger partial charge in [-0.05, 0) is 6.42 Å². The minimum absolute atomic E-state index is 0.00347. The Labute approximate surface area is 61.4 Å². The standard InChI is InChI=1S/C6H7F3N2/c7-4-3-10-11-5(4)1-2-6(8)9/h3,6H,1-2H2,(H,10,11). The zero-order valence-corrected chi connectivity index (χ0v) is 5.65. The van der Waals surface area contributed by atoms with Crippen LogP contribution in [-0.2, 0) is 6.42 Å². The maximum absolute atomic E-state index is 12.5. The average Bonchev–Trinajstić information content (AvgIpc) is 2.31. The van der Waals surface area contributed by atoms with E-state index in [1.54, 1.807) is 0 Å². The van der Waals surface area contributed by atoms with Gasteiger partial charge >= 0.3 is 0 Å².